The number of likely N-dealkylation sites (N-methyl/N-ethyl adjacent to an activating group) is 4. The first kappa shape index (κ1) is 38.1. The maximum atomic E-state index is 12.5. The number of nitrogens with one attached hydrogen (secondary N) is 1. The van der Waals surface area contributed by atoms with Gasteiger partial charge >= 0.3 is 0 Å². The fourth-order valence-corrected chi connectivity index (χ4v) is 4.80. The SMILES string of the molecule is COC(C(C)C(=O)CN(C)C)C1CCCN1C.COC(CC(C)=O)C(C)N(C)C(=O)C(C)NC(=O)C(C)N(C)C. The standard InChI is InChI=1S/C16H31N3O4.C13H26N2O2/c1-10(20)9-14(23-8)12(3)19(7)16(22)11(2)17-15(21)13(4)18(5)6;1-10(12(16)9-14(2)3)13(17-5)11-7-6-8-15(11)4/h11-14H,9H2,1-8H3,(H,17,21);10-11,13H,6-9H2,1-5H3. The first-order valence-corrected chi connectivity index (χ1v) is 14.2. The Morgan fingerprint density at radius 3 is 1.95 bits per heavy atom. The van der Waals surface area contributed by atoms with E-state index in [2.05, 4.69) is 17.3 Å². The molecule has 0 saturated carbocycles. The molecule has 1 saturated heterocycles. The van der Waals surface area contributed by atoms with Crippen LogP contribution in [0.4, 0.5) is 0 Å². The van der Waals surface area contributed by atoms with Gasteiger partial charge in [0.1, 0.15) is 11.8 Å². The van der Waals surface area contributed by atoms with E-state index in [9.17, 15) is 19.2 Å². The number of Topliss-reactive ketones (excluding diaryl/α,β-unsaturated/α-hetero) is 2. The zero-order valence-electron chi connectivity index (χ0n) is 27.3. The summed E-state index contributed by atoms with van der Waals surface area (Å²) in [6.07, 6.45) is 2.23. The van der Waals surface area contributed by atoms with Gasteiger partial charge < -0.3 is 29.5 Å². The van der Waals surface area contributed by atoms with Crippen molar-refractivity contribution in [1.82, 2.24) is 24.9 Å². The highest BCUT2D eigenvalue weighted by Gasteiger charge is 2.36. The molecular weight excluding hydrogens is 514 g/mol. The van der Waals surface area contributed by atoms with Crippen LogP contribution in [0, 0.1) is 5.92 Å². The number of carbonyl (C=O) groups is 4. The number of likely N-dealkylation sites (tertiary alicyclic amines) is 1. The maximum absolute atomic E-state index is 12.5. The van der Waals surface area contributed by atoms with Gasteiger partial charge in [-0.25, -0.2) is 0 Å². The first-order chi connectivity index (χ1) is 18.5. The van der Waals surface area contributed by atoms with Crippen LogP contribution in [-0.4, -0.2) is 149 Å². The van der Waals surface area contributed by atoms with Crippen LogP contribution < -0.4 is 5.32 Å². The second-order valence-corrected chi connectivity index (χ2v) is 11.6. The fraction of sp³-hybridized carbons (Fsp3) is 0.862. The quantitative estimate of drug-likeness (QED) is 0.309. The Balaban J connectivity index is 0.000000793. The monoisotopic (exact) mass is 571 g/mol. The Morgan fingerprint density at radius 1 is 0.975 bits per heavy atom. The first-order valence-electron chi connectivity index (χ1n) is 14.2. The van der Waals surface area contributed by atoms with Gasteiger partial charge in [-0.05, 0) is 82.3 Å². The predicted molar refractivity (Wildman–Crippen MR) is 158 cm³/mol. The average Bonchev–Trinajstić information content (AvgIpc) is 3.30. The summed E-state index contributed by atoms with van der Waals surface area (Å²) in [6, 6.07) is -0.854. The van der Waals surface area contributed by atoms with E-state index in [0.29, 0.717) is 12.6 Å². The van der Waals surface area contributed by atoms with Crippen molar-refractivity contribution >= 4 is 23.4 Å². The van der Waals surface area contributed by atoms with Crippen molar-refractivity contribution in [1.29, 1.82) is 0 Å². The topological polar surface area (TPSA) is 112 Å². The molecule has 7 unspecified atom stereocenters. The van der Waals surface area contributed by atoms with Crippen LogP contribution in [0.25, 0.3) is 0 Å². The molecule has 1 fully saturated rings. The lowest BCUT2D eigenvalue weighted by Gasteiger charge is -2.33. The van der Waals surface area contributed by atoms with Crippen LogP contribution in [0.3, 0.4) is 0 Å². The Labute approximate surface area is 242 Å². The van der Waals surface area contributed by atoms with E-state index in [1.807, 2.05) is 32.8 Å². The van der Waals surface area contributed by atoms with Gasteiger partial charge in [0.15, 0.2) is 5.78 Å². The van der Waals surface area contributed by atoms with Gasteiger partial charge in [-0.15, -0.1) is 0 Å². The fourth-order valence-electron chi connectivity index (χ4n) is 4.80. The minimum atomic E-state index is -0.646. The van der Waals surface area contributed by atoms with Gasteiger partial charge in [0.25, 0.3) is 0 Å². The second-order valence-electron chi connectivity index (χ2n) is 11.6. The molecule has 0 radical (unpaired) electrons. The number of ether oxygens (including phenoxy) is 2. The molecule has 0 aliphatic carbocycles. The molecule has 1 aliphatic heterocycles. The summed E-state index contributed by atoms with van der Waals surface area (Å²) in [6.45, 7) is 10.3. The molecule has 11 nitrogen and oxygen atoms in total. The number of amides is 2. The molecule has 1 N–H and O–H groups in total. The summed E-state index contributed by atoms with van der Waals surface area (Å²) in [5.41, 5.74) is 0. The van der Waals surface area contributed by atoms with Crippen molar-refractivity contribution in [3.63, 3.8) is 0 Å². The summed E-state index contributed by atoms with van der Waals surface area (Å²) >= 11 is 0. The van der Waals surface area contributed by atoms with Crippen LogP contribution in [0.2, 0.25) is 0 Å². The Kier molecular flexibility index (Phi) is 17.6. The van der Waals surface area contributed by atoms with Gasteiger partial charge in [0, 0.05) is 39.6 Å². The van der Waals surface area contributed by atoms with E-state index in [1.165, 1.54) is 25.4 Å². The normalized spacial score (nSPS) is 20.1. The second kappa shape index (κ2) is 18.5. The van der Waals surface area contributed by atoms with E-state index in [4.69, 9.17) is 9.47 Å². The molecule has 2 amide bonds. The lowest BCUT2D eigenvalue weighted by molar-refractivity contribution is -0.140. The van der Waals surface area contributed by atoms with Gasteiger partial charge in [0.05, 0.1) is 30.8 Å². The molecule has 0 aromatic heterocycles. The van der Waals surface area contributed by atoms with Crippen LogP contribution in [0.5, 0.6) is 0 Å². The largest absolute Gasteiger partial charge is 0.379 e. The number of methoxy groups -OCH3 is 2. The molecule has 7 atom stereocenters. The van der Waals surface area contributed by atoms with Crippen molar-refractivity contribution in [3.05, 3.63) is 0 Å². The number of carbonyl (C=O) groups excluding carboxylic acids is 4. The Bertz CT molecular complexity index is 808. The predicted octanol–water partition coefficient (Wildman–Crippen LogP) is 1.14. The molecule has 1 aliphatic rings. The van der Waals surface area contributed by atoms with Crippen LogP contribution in [0.1, 0.15) is 53.9 Å². The summed E-state index contributed by atoms with van der Waals surface area (Å²) in [7, 11) is 14.5. The lowest BCUT2D eigenvalue weighted by atomic mass is 9.92. The zero-order valence-corrected chi connectivity index (χ0v) is 27.3. The van der Waals surface area contributed by atoms with Crippen molar-refractivity contribution < 1.29 is 28.7 Å². The molecule has 234 valence electrons. The van der Waals surface area contributed by atoms with Gasteiger partial charge in [-0.3, -0.25) is 24.1 Å². The number of ketones is 2. The van der Waals surface area contributed by atoms with E-state index < -0.39 is 6.04 Å². The molecule has 11 heteroatoms. The summed E-state index contributed by atoms with van der Waals surface area (Å²) in [5.74, 6) is -0.188. The Hall–Kier alpha value is -1.92. The third kappa shape index (κ3) is 12.3. The average molecular weight is 572 g/mol. The van der Waals surface area contributed by atoms with E-state index in [-0.39, 0.29) is 60.0 Å². The van der Waals surface area contributed by atoms with Crippen molar-refractivity contribution in [3.8, 4) is 0 Å². The smallest absolute Gasteiger partial charge is 0.244 e. The van der Waals surface area contributed by atoms with E-state index in [0.717, 1.165) is 13.0 Å². The van der Waals surface area contributed by atoms with Crippen molar-refractivity contribution in [2.24, 2.45) is 5.92 Å². The number of hydrogen-bond donors (Lipinski definition) is 1. The van der Waals surface area contributed by atoms with Crippen LogP contribution in [0.15, 0.2) is 0 Å². The molecule has 0 bridgehead atoms. The molecule has 40 heavy (non-hydrogen) atoms. The van der Waals surface area contributed by atoms with Gasteiger partial charge in [-0.2, -0.15) is 0 Å². The molecule has 0 aromatic rings. The third-order valence-corrected chi connectivity index (χ3v) is 7.87. The highest BCUT2D eigenvalue weighted by molar-refractivity contribution is 5.89. The van der Waals surface area contributed by atoms with Gasteiger partial charge in [-0.1, -0.05) is 6.92 Å². The summed E-state index contributed by atoms with van der Waals surface area (Å²) in [5, 5.41) is 2.71. The van der Waals surface area contributed by atoms with Crippen molar-refractivity contribution in [2.45, 2.75) is 90.3 Å². The number of nitrogens with zero attached hydrogens (tertiary/aromatic N) is 4. The molecule has 0 spiro atoms. The minimum absolute atomic E-state index is 0.00529. The minimum Gasteiger partial charge on any atom is -0.379 e. The third-order valence-electron chi connectivity index (χ3n) is 7.87. The lowest BCUT2D eigenvalue weighted by Crippen LogP contribution is -2.54. The zero-order chi connectivity index (χ0) is 31.3. The van der Waals surface area contributed by atoms with Crippen molar-refractivity contribution in [2.75, 3.05) is 69.6 Å². The number of hydrogen-bond acceptors (Lipinski definition) is 9. The summed E-state index contributed by atoms with van der Waals surface area (Å²) < 4.78 is 10.9. The highest BCUT2D eigenvalue weighted by Crippen LogP contribution is 2.25. The highest BCUT2D eigenvalue weighted by atomic mass is 16.5. The van der Waals surface area contributed by atoms with E-state index in [1.54, 1.807) is 47.0 Å². The Morgan fingerprint density at radius 2 is 1.55 bits per heavy atom. The van der Waals surface area contributed by atoms with Gasteiger partial charge in [0.2, 0.25) is 11.8 Å². The summed E-state index contributed by atoms with van der Waals surface area (Å²) in [4.78, 5) is 55.4. The molecule has 1 rings (SSSR count). The van der Waals surface area contributed by atoms with E-state index >= 15 is 0 Å². The maximum Gasteiger partial charge on any atom is 0.244 e. The number of rotatable bonds is 15. The van der Waals surface area contributed by atoms with Crippen LogP contribution >= 0.6 is 0 Å². The molecular formula is C29H57N5O6. The molecule has 0 aromatic carbocycles. The molecule has 1 heterocycles. The van der Waals surface area contributed by atoms with Crippen LogP contribution in [-0.2, 0) is 28.7 Å².